The highest BCUT2D eigenvalue weighted by Crippen LogP contribution is 2.54. The van der Waals surface area contributed by atoms with E-state index in [9.17, 15) is 0 Å². The maximum absolute atomic E-state index is 2.92. The maximum Gasteiger partial charge on any atom is 0.0227 e. The van der Waals surface area contributed by atoms with E-state index in [0.29, 0.717) is 11.1 Å². The fourth-order valence-electron chi connectivity index (χ4n) is 5.55. The first kappa shape index (κ1) is 16.4. The van der Waals surface area contributed by atoms with Crippen LogP contribution >= 0.6 is 0 Å². The molecule has 2 bridgehead atoms. The lowest BCUT2D eigenvalue weighted by Gasteiger charge is -2.47. The largest absolute Gasteiger partial charge is 0.298 e. The first-order chi connectivity index (χ1) is 10.6. The second kappa shape index (κ2) is 5.19. The number of nitrogens with zero attached hydrogens (tertiary/aromatic N) is 3. The van der Waals surface area contributed by atoms with Crippen LogP contribution in [0.25, 0.3) is 0 Å². The van der Waals surface area contributed by atoms with Gasteiger partial charge in [-0.05, 0) is 72.1 Å². The standard InChI is InChI=1S/C20H37N3/c1-19(2,3)21-9-14-7-8-15(10-21)23(14)13-18-16-11-22(12-17(16)18)20(4,5)6/h14-18H,7-13H2,1-6H3/t14?,15?,16-,17+,18+. The van der Waals surface area contributed by atoms with E-state index in [1.807, 2.05) is 0 Å². The third-order valence-electron chi connectivity index (χ3n) is 7.32. The molecule has 1 aliphatic carbocycles. The molecular formula is C20H37N3. The van der Waals surface area contributed by atoms with E-state index >= 15 is 0 Å². The molecule has 0 aromatic heterocycles. The predicted octanol–water partition coefficient (Wildman–Crippen LogP) is 2.91. The van der Waals surface area contributed by atoms with Crippen LogP contribution in [0.4, 0.5) is 0 Å². The average Bonchev–Trinajstić information content (AvgIpc) is 2.73. The predicted molar refractivity (Wildman–Crippen MR) is 96.6 cm³/mol. The molecular weight excluding hydrogens is 282 g/mol. The molecule has 3 aliphatic heterocycles. The summed E-state index contributed by atoms with van der Waals surface area (Å²) in [5.41, 5.74) is 0.714. The van der Waals surface area contributed by atoms with Gasteiger partial charge in [-0.1, -0.05) is 0 Å². The minimum Gasteiger partial charge on any atom is -0.298 e. The summed E-state index contributed by atoms with van der Waals surface area (Å²) < 4.78 is 0. The Kier molecular flexibility index (Phi) is 3.69. The lowest BCUT2D eigenvalue weighted by atomic mass is 10.0. The van der Waals surface area contributed by atoms with Crippen LogP contribution in [0, 0.1) is 17.8 Å². The van der Waals surface area contributed by atoms with E-state index in [-0.39, 0.29) is 0 Å². The second-order valence-electron chi connectivity index (χ2n) is 10.7. The van der Waals surface area contributed by atoms with E-state index in [2.05, 4.69) is 56.2 Å². The summed E-state index contributed by atoms with van der Waals surface area (Å²) in [5.74, 6) is 3.03. The molecule has 0 N–H and O–H groups in total. The molecule has 3 nitrogen and oxygen atoms in total. The zero-order valence-electron chi connectivity index (χ0n) is 16.2. The Bertz CT molecular complexity index is 434. The van der Waals surface area contributed by atoms with Crippen LogP contribution in [0.1, 0.15) is 54.4 Å². The van der Waals surface area contributed by atoms with Gasteiger partial charge in [-0.15, -0.1) is 0 Å². The second-order valence-corrected chi connectivity index (χ2v) is 10.7. The molecule has 3 heteroatoms. The normalized spacial score (nSPS) is 42.3. The minimum atomic E-state index is 0.343. The van der Waals surface area contributed by atoms with Gasteiger partial charge in [0.05, 0.1) is 0 Å². The van der Waals surface area contributed by atoms with Crippen molar-refractivity contribution in [3.63, 3.8) is 0 Å². The molecule has 2 unspecified atom stereocenters. The third-order valence-corrected chi connectivity index (χ3v) is 7.32. The van der Waals surface area contributed by atoms with E-state index in [4.69, 9.17) is 0 Å². The summed E-state index contributed by atoms with van der Waals surface area (Å²) in [6.07, 6.45) is 2.88. The number of piperidine rings is 1. The number of hydrogen-bond acceptors (Lipinski definition) is 3. The Hall–Kier alpha value is -0.120. The van der Waals surface area contributed by atoms with Gasteiger partial charge < -0.3 is 0 Å². The fraction of sp³-hybridized carbons (Fsp3) is 1.00. The Labute approximate surface area is 143 Å². The van der Waals surface area contributed by atoms with Crippen LogP contribution in [-0.4, -0.2) is 70.6 Å². The van der Waals surface area contributed by atoms with Crippen LogP contribution in [-0.2, 0) is 0 Å². The van der Waals surface area contributed by atoms with Crippen molar-refractivity contribution in [2.75, 3.05) is 32.7 Å². The van der Waals surface area contributed by atoms with Crippen molar-refractivity contribution in [1.29, 1.82) is 0 Å². The fourth-order valence-corrected chi connectivity index (χ4v) is 5.55. The SMILES string of the molecule is CC(C)(C)N1CC2CCC(C1)N2C[C@@H]1[C@H]2CN(C(C)(C)C)C[C@@H]12. The Morgan fingerprint density at radius 3 is 1.57 bits per heavy atom. The molecule has 132 valence electrons. The molecule has 3 heterocycles. The van der Waals surface area contributed by atoms with Crippen molar-refractivity contribution in [1.82, 2.24) is 14.7 Å². The number of rotatable bonds is 2. The van der Waals surface area contributed by atoms with Crippen molar-refractivity contribution < 1.29 is 0 Å². The highest BCUT2D eigenvalue weighted by molar-refractivity contribution is 5.10. The first-order valence-electron chi connectivity index (χ1n) is 9.90. The number of piperazine rings is 1. The summed E-state index contributed by atoms with van der Waals surface area (Å²) in [7, 11) is 0. The van der Waals surface area contributed by atoms with Crippen LogP contribution < -0.4 is 0 Å². The minimum absolute atomic E-state index is 0.343. The van der Waals surface area contributed by atoms with E-state index in [1.165, 1.54) is 45.6 Å². The highest BCUT2D eigenvalue weighted by atomic mass is 15.4. The topological polar surface area (TPSA) is 9.72 Å². The van der Waals surface area contributed by atoms with Gasteiger partial charge in [0.1, 0.15) is 0 Å². The lowest BCUT2D eigenvalue weighted by molar-refractivity contribution is 0.0103. The quantitative estimate of drug-likeness (QED) is 0.775. The van der Waals surface area contributed by atoms with Crippen LogP contribution in [0.3, 0.4) is 0 Å². The Balaban J connectivity index is 1.33. The molecule has 0 spiro atoms. The molecule has 5 atom stereocenters. The van der Waals surface area contributed by atoms with Gasteiger partial charge in [0, 0.05) is 55.9 Å². The maximum atomic E-state index is 2.92. The third kappa shape index (κ3) is 2.87. The van der Waals surface area contributed by atoms with Gasteiger partial charge >= 0.3 is 0 Å². The summed E-state index contributed by atoms with van der Waals surface area (Å²) in [4.78, 5) is 8.37. The van der Waals surface area contributed by atoms with Gasteiger partial charge in [0.15, 0.2) is 0 Å². The van der Waals surface area contributed by atoms with Gasteiger partial charge in [0.25, 0.3) is 0 Å². The van der Waals surface area contributed by atoms with Gasteiger partial charge in [0.2, 0.25) is 0 Å². The molecule has 4 fully saturated rings. The Morgan fingerprint density at radius 1 is 0.696 bits per heavy atom. The molecule has 4 rings (SSSR count). The lowest BCUT2D eigenvalue weighted by Crippen LogP contribution is -2.59. The smallest absolute Gasteiger partial charge is 0.0227 e. The van der Waals surface area contributed by atoms with E-state index in [0.717, 1.165) is 29.8 Å². The number of hydrogen-bond donors (Lipinski definition) is 0. The Morgan fingerprint density at radius 2 is 1.13 bits per heavy atom. The van der Waals surface area contributed by atoms with Gasteiger partial charge in [-0.3, -0.25) is 14.7 Å². The van der Waals surface area contributed by atoms with E-state index < -0.39 is 0 Å². The summed E-state index contributed by atoms with van der Waals surface area (Å²) in [6, 6.07) is 1.68. The van der Waals surface area contributed by atoms with Crippen LogP contribution in [0.15, 0.2) is 0 Å². The molecule has 3 saturated heterocycles. The van der Waals surface area contributed by atoms with Crippen molar-refractivity contribution in [2.45, 2.75) is 77.5 Å². The molecule has 0 aromatic carbocycles. The van der Waals surface area contributed by atoms with Gasteiger partial charge in [-0.25, -0.2) is 0 Å². The average molecular weight is 320 g/mol. The molecule has 23 heavy (non-hydrogen) atoms. The summed E-state index contributed by atoms with van der Waals surface area (Å²) >= 11 is 0. The summed E-state index contributed by atoms with van der Waals surface area (Å²) in [6.45, 7) is 21.0. The van der Waals surface area contributed by atoms with E-state index in [1.54, 1.807) is 0 Å². The zero-order chi connectivity index (χ0) is 16.6. The van der Waals surface area contributed by atoms with Crippen molar-refractivity contribution in [3.05, 3.63) is 0 Å². The zero-order valence-corrected chi connectivity index (χ0v) is 16.2. The molecule has 0 aromatic rings. The number of likely N-dealkylation sites (tertiary alicyclic amines) is 2. The number of fused-ring (bicyclic) bond motifs is 3. The first-order valence-corrected chi connectivity index (χ1v) is 9.90. The molecule has 0 radical (unpaired) electrons. The van der Waals surface area contributed by atoms with Crippen molar-refractivity contribution in [3.8, 4) is 0 Å². The molecule has 4 aliphatic rings. The van der Waals surface area contributed by atoms with Crippen molar-refractivity contribution in [2.24, 2.45) is 17.8 Å². The highest BCUT2D eigenvalue weighted by Gasteiger charge is 2.58. The monoisotopic (exact) mass is 319 g/mol. The molecule has 1 saturated carbocycles. The summed E-state index contributed by atoms with van der Waals surface area (Å²) in [5, 5.41) is 0. The van der Waals surface area contributed by atoms with Crippen molar-refractivity contribution >= 4 is 0 Å². The van der Waals surface area contributed by atoms with Crippen LogP contribution in [0.5, 0.6) is 0 Å². The molecule has 0 amide bonds. The van der Waals surface area contributed by atoms with Crippen LogP contribution in [0.2, 0.25) is 0 Å². The van der Waals surface area contributed by atoms with Gasteiger partial charge in [-0.2, -0.15) is 0 Å².